The molecule has 0 unspecified atom stereocenters. The van der Waals surface area contributed by atoms with E-state index in [4.69, 9.17) is 0 Å². The van der Waals surface area contributed by atoms with Crippen molar-refractivity contribution in [2.75, 3.05) is 0 Å². The Labute approximate surface area is 114 Å². The zero-order valence-electron chi connectivity index (χ0n) is 9.21. The molecule has 0 aliphatic heterocycles. The molecule has 0 nitrogen and oxygen atoms in total. The third-order valence-electron chi connectivity index (χ3n) is 3.12. The second-order valence-electron chi connectivity index (χ2n) is 4.06. The van der Waals surface area contributed by atoms with E-state index in [1.165, 1.54) is 11.1 Å². The fourth-order valence-electron chi connectivity index (χ4n) is 2.16. The van der Waals surface area contributed by atoms with Crippen LogP contribution in [0.2, 0.25) is 4.22 Å². The SMILES string of the molecule is Br.CC1=C([CH]([Ti])C2=C(C)C=CC2)CC=C1. The van der Waals surface area contributed by atoms with E-state index in [0.29, 0.717) is 4.22 Å². The summed E-state index contributed by atoms with van der Waals surface area (Å²) in [5.74, 6) is 0. The molecular formula is C13H16BrTi. The van der Waals surface area contributed by atoms with Gasteiger partial charge in [-0.3, -0.25) is 0 Å². The van der Waals surface area contributed by atoms with Gasteiger partial charge in [-0.05, 0) is 0 Å². The van der Waals surface area contributed by atoms with Gasteiger partial charge in [-0.2, -0.15) is 0 Å². The third kappa shape index (κ3) is 2.64. The minimum absolute atomic E-state index is 0. The molecule has 2 rings (SSSR count). The summed E-state index contributed by atoms with van der Waals surface area (Å²) in [5.41, 5.74) is 6.18. The van der Waals surface area contributed by atoms with Crippen LogP contribution in [0.5, 0.6) is 0 Å². The standard InChI is InChI=1S/C13H15.BrH.Ti/c1-10-5-3-7-12(10)9-13-8-4-6-11(13)2;;/h3-6,9H,7-8H2,1-2H3;1H;. The predicted molar refractivity (Wildman–Crippen MR) is 67.0 cm³/mol. The minimum atomic E-state index is 0. The van der Waals surface area contributed by atoms with Crippen LogP contribution in [0.25, 0.3) is 0 Å². The summed E-state index contributed by atoms with van der Waals surface area (Å²) in [6.45, 7) is 4.46. The van der Waals surface area contributed by atoms with Crippen LogP contribution >= 0.6 is 17.0 Å². The Balaban J connectivity index is 0.00000112. The van der Waals surface area contributed by atoms with Gasteiger partial charge in [0.1, 0.15) is 0 Å². The third-order valence-corrected chi connectivity index (χ3v) is 4.21. The molecule has 15 heavy (non-hydrogen) atoms. The normalized spacial score (nSPS) is 19.3. The average Bonchev–Trinajstić information content (AvgIpc) is 2.73. The maximum absolute atomic E-state index is 2.34. The molecular weight excluding hydrogens is 284 g/mol. The zero-order chi connectivity index (χ0) is 10.1. The first-order valence-corrected chi connectivity index (χ1v) is 6.04. The summed E-state index contributed by atoms with van der Waals surface area (Å²) in [6, 6.07) is 0. The van der Waals surface area contributed by atoms with Gasteiger partial charge in [0.2, 0.25) is 0 Å². The molecule has 0 heterocycles. The van der Waals surface area contributed by atoms with Crippen LogP contribution in [-0.4, -0.2) is 0 Å². The fourth-order valence-corrected chi connectivity index (χ4v) is 3.24. The van der Waals surface area contributed by atoms with Gasteiger partial charge >= 0.3 is 97.9 Å². The van der Waals surface area contributed by atoms with Crippen molar-refractivity contribution in [2.24, 2.45) is 0 Å². The van der Waals surface area contributed by atoms with Crippen LogP contribution in [-0.2, 0) is 20.4 Å². The van der Waals surface area contributed by atoms with Crippen LogP contribution in [0.1, 0.15) is 26.7 Å². The molecule has 0 aromatic carbocycles. The van der Waals surface area contributed by atoms with Gasteiger partial charge < -0.3 is 0 Å². The van der Waals surface area contributed by atoms with Crippen molar-refractivity contribution >= 4 is 17.0 Å². The Kier molecular flexibility index (Phi) is 4.82. The Morgan fingerprint density at radius 1 is 1.00 bits per heavy atom. The molecule has 0 aromatic heterocycles. The molecule has 0 aromatic rings. The van der Waals surface area contributed by atoms with Crippen LogP contribution < -0.4 is 0 Å². The molecule has 2 aliphatic rings. The van der Waals surface area contributed by atoms with Gasteiger partial charge in [0.25, 0.3) is 0 Å². The predicted octanol–water partition coefficient (Wildman–Crippen LogP) is 4.45. The van der Waals surface area contributed by atoms with Crippen LogP contribution in [0.15, 0.2) is 46.6 Å². The second kappa shape index (κ2) is 5.47. The topological polar surface area (TPSA) is 0 Å². The molecule has 0 amide bonds. The molecule has 0 radical (unpaired) electrons. The van der Waals surface area contributed by atoms with E-state index in [-0.39, 0.29) is 17.0 Å². The van der Waals surface area contributed by atoms with E-state index < -0.39 is 0 Å². The molecule has 0 spiro atoms. The van der Waals surface area contributed by atoms with Gasteiger partial charge in [-0.1, -0.05) is 0 Å². The van der Waals surface area contributed by atoms with Gasteiger partial charge in [0.15, 0.2) is 0 Å². The summed E-state index contributed by atoms with van der Waals surface area (Å²) >= 11 is 2.34. The van der Waals surface area contributed by atoms with Crippen molar-refractivity contribution in [3.8, 4) is 0 Å². The fraction of sp³-hybridized carbons (Fsp3) is 0.385. The van der Waals surface area contributed by atoms with Gasteiger partial charge in [0.05, 0.1) is 0 Å². The van der Waals surface area contributed by atoms with Crippen LogP contribution in [0.4, 0.5) is 0 Å². The number of halogens is 1. The van der Waals surface area contributed by atoms with Crippen molar-refractivity contribution in [1.29, 1.82) is 0 Å². The molecule has 2 heteroatoms. The number of hydrogen-bond acceptors (Lipinski definition) is 0. The summed E-state index contributed by atoms with van der Waals surface area (Å²) in [6.07, 6.45) is 11.4. The van der Waals surface area contributed by atoms with E-state index in [0.717, 1.165) is 12.8 Å². The Morgan fingerprint density at radius 3 is 1.67 bits per heavy atom. The summed E-state index contributed by atoms with van der Waals surface area (Å²) < 4.78 is 0.639. The summed E-state index contributed by atoms with van der Waals surface area (Å²) in [5, 5.41) is 0. The number of allylic oxidation sites excluding steroid dienone is 8. The molecule has 0 saturated heterocycles. The first kappa shape index (κ1) is 13.2. The second-order valence-corrected chi connectivity index (χ2v) is 4.96. The van der Waals surface area contributed by atoms with Crippen molar-refractivity contribution in [2.45, 2.75) is 30.9 Å². The van der Waals surface area contributed by atoms with E-state index >= 15 is 0 Å². The molecule has 0 fully saturated rings. The Bertz CT molecular complexity index is 336. The van der Waals surface area contributed by atoms with Gasteiger partial charge in [-0.25, -0.2) is 0 Å². The van der Waals surface area contributed by atoms with Gasteiger partial charge in [-0.15, -0.1) is 17.0 Å². The van der Waals surface area contributed by atoms with Crippen molar-refractivity contribution in [3.05, 3.63) is 46.6 Å². The van der Waals surface area contributed by atoms with E-state index in [1.807, 2.05) is 0 Å². The Hall–Kier alpha value is 0.154. The number of rotatable bonds is 2. The first-order valence-electron chi connectivity index (χ1n) is 5.13. The van der Waals surface area contributed by atoms with E-state index in [1.54, 1.807) is 11.1 Å². The van der Waals surface area contributed by atoms with E-state index in [9.17, 15) is 0 Å². The quantitative estimate of drug-likeness (QED) is 0.661. The first-order chi connectivity index (χ1) is 6.70. The van der Waals surface area contributed by atoms with Crippen molar-refractivity contribution in [1.82, 2.24) is 0 Å². The molecule has 0 N–H and O–H groups in total. The Morgan fingerprint density at radius 2 is 1.40 bits per heavy atom. The van der Waals surface area contributed by atoms with Crippen molar-refractivity contribution in [3.63, 3.8) is 0 Å². The average molecular weight is 300 g/mol. The van der Waals surface area contributed by atoms with Crippen LogP contribution in [0, 0.1) is 0 Å². The molecule has 2 aliphatic carbocycles. The molecule has 0 saturated carbocycles. The summed E-state index contributed by atoms with van der Waals surface area (Å²) in [7, 11) is 0. The van der Waals surface area contributed by atoms with E-state index in [2.05, 4.69) is 58.6 Å². The van der Waals surface area contributed by atoms with Crippen molar-refractivity contribution < 1.29 is 20.4 Å². The zero-order valence-corrected chi connectivity index (χ0v) is 12.5. The molecule has 0 atom stereocenters. The molecule has 79 valence electrons. The monoisotopic (exact) mass is 299 g/mol. The summed E-state index contributed by atoms with van der Waals surface area (Å²) in [4.78, 5) is 0. The molecule has 0 bridgehead atoms. The maximum atomic E-state index is 2.34. The van der Waals surface area contributed by atoms with Gasteiger partial charge in [0, 0.05) is 0 Å². The van der Waals surface area contributed by atoms with Crippen LogP contribution in [0.3, 0.4) is 0 Å². The number of hydrogen-bond donors (Lipinski definition) is 0.